The number of amides is 1. The zero-order valence-corrected chi connectivity index (χ0v) is 22.2. The van der Waals surface area contributed by atoms with Crippen molar-refractivity contribution in [2.24, 2.45) is 0 Å². The summed E-state index contributed by atoms with van der Waals surface area (Å²) in [5.41, 5.74) is 0. The molecule has 1 aliphatic heterocycles. The van der Waals surface area contributed by atoms with Crippen LogP contribution in [0.15, 0.2) is 72.8 Å². The minimum atomic E-state index is -2.76. The van der Waals surface area contributed by atoms with Crippen LogP contribution in [0.3, 0.4) is 0 Å². The number of carbonyl (C=O) groups is 2. The van der Waals surface area contributed by atoms with Gasteiger partial charge in [0.05, 0.1) is 4.88 Å². The van der Waals surface area contributed by atoms with Crippen LogP contribution in [0.25, 0.3) is 0 Å². The lowest BCUT2D eigenvalue weighted by Crippen LogP contribution is -2.68. The van der Waals surface area contributed by atoms with E-state index in [2.05, 4.69) is 69.3 Å². The number of Topliss-reactive ketones (excluding diaryl/α,β-unsaturated/α-hetero) is 1. The fraction of sp³-hybridized carbons (Fsp3) is 0.357. The van der Waals surface area contributed by atoms with E-state index in [1.54, 1.807) is 6.92 Å². The molecule has 1 aromatic heterocycles. The third kappa shape index (κ3) is 4.81. The first-order chi connectivity index (χ1) is 16.2. The summed E-state index contributed by atoms with van der Waals surface area (Å²) in [4.78, 5) is 28.9. The van der Waals surface area contributed by atoms with Gasteiger partial charge in [-0.25, -0.2) is 0 Å². The lowest BCUT2D eigenvalue weighted by molar-refractivity contribution is -0.133. The van der Waals surface area contributed by atoms with Crippen molar-refractivity contribution in [3.8, 4) is 0 Å². The monoisotopic (exact) mass is 491 g/mol. The van der Waals surface area contributed by atoms with E-state index in [1.807, 2.05) is 29.2 Å². The second-order valence-corrected chi connectivity index (χ2v) is 15.4. The van der Waals surface area contributed by atoms with E-state index in [9.17, 15) is 9.59 Å². The largest absolute Gasteiger partial charge is 0.395 e. The Morgan fingerprint density at radius 3 is 2.09 bits per heavy atom. The van der Waals surface area contributed by atoms with Crippen molar-refractivity contribution >= 4 is 41.7 Å². The molecule has 1 unspecified atom stereocenters. The zero-order valence-electron chi connectivity index (χ0n) is 20.4. The average Bonchev–Trinajstić information content (AvgIpc) is 3.43. The van der Waals surface area contributed by atoms with Crippen LogP contribution in [0, 0.1) is 0 Å². The highest BCUT2D eigenvalue weighted by molar-refractivity contribution is 7.14. The van der Waals surface area contributed by atoms with Gasteiger partial charge in [-0.3, -0.25) is 9.59 Å². The van der Waals surface area contributed by atoms with E-state index in [-0.39, 0.29) is 16.7 Å². The summed E-state index contributed by atoms with van der Waals surface area (Å²) >= 11 is 1.52. The highest BCUT2D eigenvalue weighted by Gasteiger charge is 2.53. The van der Waals surface area contributed by atoms with Gasteiger partial charge >= 0.3 is 0 Å². The van der Waals surface area contributed by atoms with Crippen LogP contribution < -0.4 is 10.4 Å². The number of hydrogen-bond acceptors (Lipinski definition) is 4. The van der Waals surface area contributed by atoms with E-state index in [0.29, 0.717) is 19.5 Å². The van der Waals surface area contributed by atoms with Gasteiger partial charge in [-0.2, -0.15) is 0 Å². The molecule has 2 aromatic carbocycles. The average molecular weight is 492 g/mol. The Morgan fingerprint density at radius 2 is 1.59 bits per heavy atom. The molecule has 1 amide bonds. The molecule has 0 radical (unpaired) electrons. The minimum absolute atomic E-state index is 0.0799. The maximum absolute atomic E-state index is 13.5. The van der Waals surface area contributed by atoms with Crippen molar-refractivity contribution in [2.75, 3.05) is 13.1 Å². The molecule has 1 fully saturated rings. The Labute approximate surface area is 207 Å². The highest BCUT2D eigenvalue weighted by Crippen LogP contribution is 2.38. The van der Waals surface area contributed by atoms with Gasteiger partial charge in [0, 0.05) is 18.0 Å². The Morgan fingerprint density at radius 1 is 1.00 bits per heavy atom. The van der Waals surface area contributed by atoms with Crippen LogP contribution in [0.4, 0.5) is 0 Å². The summed E-state index contributed by atoms with van der Waals surface area (Å²) in [5.74, 6) is 0.170. The molecule has 6 heteroatoms. The minimum Gasteiger partial charge on any atom is -0.395 e. The second kappa shape index (κ2) is 9.98. The summed E-state index contributed by atoms with van der Waals surface area (Å²) < 4.78 is 7.07. The summed E-state index contributed by atoms with van der Waals surface area (Å²) in [6, 6.07) is 24.8. The van der Waals surface area contributed by atoms with Crippen LogP contribution in [-0.2, 0) is 15.6 Å². The Hall–Kier alpha value is -2.54. The lowest BCUT2D eigenvalue weighted by atomic mass is 10.2. The van der Waals surface area contributed by atoms with Gasteiger partial charge in [-0.05, 0) is 47.3 Å². The van der Waals surface area contributed by atoms with Crippen molar-refractivity contribution in [3.63, 3.8) is 0 Å². The molecule has 178 valence electrons. The van der Waals surface area contributed by atoms with Crippen LogP contribution in [0.5, 0.6) is 0 Å². The molecular formula is C28H33NO3SSi. The number of nitrogens with zero attached hydrogens (tertiary/aromatic N) is 1. The van der Waals surface area contributed by atoms with Gasteiger partial charge in [-0.15, -0.1) is 11.3 Å². The standard InChI is InChI=1S/C28H33NO3SSi/c1-21(30)26-16-15-22(33-26)17-19-29-20-18-25(27(29)31)32-34(28(2,3)4,23-11-7-5-8-12-23)24-13-9-6-10-14-24/h5-16,25H,17-20H2,1-4H3. The molecule has 0 bridgehead atoms. The molecular weight excluding hydrogens is 458 g/mol. The van der Waals surface area contributed by atoms with Crippen molar-refractivity contribution in [1.82, 2.24) is 4.90 Å². The normalized spacial score (nSPS) is 16.8. The summed E-state index contributed by atoms with van der Waals surface area (Å²) in [6.07, 6.45) is 1.02. The fourth-order valence-corrected chi connectivity index (χ4v) is 10.4. The molecule has 2 heterocycles. The Kier molecular flexibility index (Phi) is 7.21. The highest BCUT2D eigenvalue weighted by atomic mass is 32.1. The molecule has 1 aliphatic rings. The van der Waals surface area contributed by atoms with Crippen LogP contribution in [-0.4, -0.2) is 44.1 Å². The van der Waals surface area contributed by atoms with E-state index < -0.39 is 14.4 Å². The number of likely N-dealkylation sites (tertiary alicyclic amines) is 1. The SMILES string of the molecule is CC(=O)c1ccc(CCN2CCC(O[Si](c3ccccc3)(c3ccccc3)C(C)(C)C)C2=O)s1. The number of carbonyl (C=O) groups excluding carboxylic acids is 2. The fourth-order valence-electron chi connectivity index (χ4n) is 4.89. The van der Waals surface area contributed by atoms with E-state index in [1.165, 1.54) is 21.7 Å². The molecule has 3 aromatic rings. The van der Waals surface area contributed by atoms with Gasteiger partial charge in [0.1, 0.15) is 6.10 Å². The number of ketones is 1. The molecule has 1 saturated heterocycles. The van der Waals surface area contributed by atoms with Crippen LogP contribution in [0.1, 0.15) is 48.7 Å². The summed E-state index contributed by atoms with van der Waals surface area (Å²) in [6.45, 7) is 9.65. The Balaban J connectivity index is 1.58. The van der Waals surface area contributed by atoms with Crippen molar-refractivity contribution in [2.45, 2.75) is 51.7 Å². The predicted octanol–water partition coefficient (Wildman–Crippen LogP) is 4.67. The predicted molar refractivity (Wildman–Crippen MR) is 142 cm³/mol. The number of thiophene rings is 1. The first-order valence-corrected chi connectivity index (χ1v) is 14.6. The summed E-state index contributed by atoms with van der Waals surface area (Å²) in [7, 11) is -2.76. The number of benzene rings is 2. The topological polar surface area (TPSA) is 46.6 Å². The molecule has 0 spiro atoms. The number of hydrogen-bond donors (Lipinski definition) is 0. The molecule has 34 heavy (non-hydrogen) atoms. The smallest absolute Gasteiger partial charge is 0.262 e. The first kappa shape index (κ1) is 24.6. The van der Waals surface area contributed by atoms with E-state index >= 15 is 0 Å². The van der Waals surface area contributed by atoms with Gasteiger partial charge < -0.3 is 9.33 Å². The van der Waals surface area contributed by atoms with Crippen LogP contribution in [0.2, 0.25) is 5.04 Å². The van der Waals surface area contributed by atoms with E-state index in [4.69, 9.17) is 4.43 Å². The number of rotatable bonds is 8. The maximum atomic E-state index is 13.5. The molecule has 0 aliphatic carbocycles. The molecule has 1 atom stereocenters. The first-order valence-electron chi connectivity index (χ1n) is 11.9. The molecule has 0 saturated carbocycles. The third-order valence-electron chi connectivity index (χ3n) is 6.62. The van der Waals surface area contributed by atoms with Gasteiger partial charge in [0.25, 0.3) is 14.2 Å². The van der Waals surface area contributed by atoms with Gasteiger partial charge in [-0.1, -0.05) is 81.4 Å². The van der Waals surface area contributed by atoms with Gasteiger partial charge in [0.2, 0.25) is 0 Å². The van der Waals surface area contributed by atoms with Crippen molar-refractivity contribution in [1.29, 1.82) is 0 Å². The Bertz CT molecular complexity index is 1100. The zero-order chi connectivity index (χ0) is 24.3. The third-order valence-corrected chi connectivity index (χ3v) is 12.9. The molecule has 4 rings (SSSR count). The van der Waals surface area contributed by atoms with E-state index in [0.717, 1.165) is 16.2 Å². The molecule has 4 nitrogen and oxygen atoms in total. The second-order valence-electron chi connectivity index (χ2n) is 9.96. The van der Waals surface area contributed by atoms with Crippen molar-refractivity contribution in [3.05, 3.63) is 82.6 Å². The van der Waals surface area contributed by atoms with Crippen molar-refractivity contribution < 1.29 is 14.0 Å². The maximum Gasteiger partial charge on any atom is 0.262 e. The summed E-state index contributed by atoms with van der Waals surface area (Å²) in [5, 5.41) is 2.22. The quantitative estimate of drug-likeness (QED) is 0.340. The lowest BCUT2D eigenvalue weighted by Gasteiger charge is -2.44. The van der Waals surface area contributed by atoms with Gasteiger partial charge in [0.15, 0.2) is 5.78 Å². The van der Waals surface area contributed by atoms with Crippen LogP contribution >= 0.6 is 11.3 Å². The molecule has 0 N–H and O–H groups in total.